The molecule has 0 aliphatic carbocycles. The van der Waals surface area contributed by atoms with Crippen LogP contribution < -0.4 is 0 Å². The average molecular weight is 411 g/mol. The Morgan fingerprint density at radius 1 is 1.17 bits per heavy atom. The highest BCUT2D eigenvalue weighted by Crippen LogP contribution is 2.30. The van der Waals surface area contributed by atoms with Crippen LogP contribution in [-0.4, -0.2) is 9.97 Å². The third kappa shape index (κ3) is 2.87. The van der Waals surface area contributed by atoms with Crippen LogP contribution >= 0.6 is 55.1 Å². The molecule has 1 aromatic carbocycles. The quantitative estimate of drug-likeness (QED) is 0.607. The molecule has 2 aromatic rings. The van der Waals surface area contributed by atoms with Crippen molar-refractivity contribution in [3.8, 4) is 11.4 Å². The van der Waals surface area contributed by atoms with E-state index in [0.29, 0.717) is 16.0 Å². The molecule has 0 N–H and O–H groups in total. The predicted molar refractivity (Wildman–Crippen MR) is 82.3 cm³/mol. The molecule has 0 saturated carbocycles. The van der Waals surface area contributed by atoms with Crippen LogP contribution in [0.15, 0.2) is 27.1 Å². The number of halogens is 4. The molecule has 0 radical (unpaired) electrons. The van der Waals surface area contributed by atoms with Gasteiger partial charge in [0.05, 0.1) is 15.2 Å². The maximum atomic E-state index is 6.08. The average Bonchev–Trinajstić information content (AvgIpc) is 2.36. The van der Waals surface area contributed by atoms with Gasteiger partial charge in [-0.1, -0.05) is 30.1 Å². The van der Waals surface area contributed by atoms with Crippen molar-refractivity contribution in [2.45, 2.75) is 13.3 Å². The van der Waals surface area contributed by atoms with Gasteiger partial charge in [-0.2, -0.15) is 0 Å². The maximum Gasteiger partial charge on any atom is 0.161 e. The zero-order chi connectivity index (χ0) is 13.3. The molecule has 0 aliphatic heterocycles. The van der Waals surface area contributed by atoms with E-state index in [9.17, 15) is 0 Å². The minimum atomic E-state index is 0.419. The molecule has 0 spiro atoms. The van der Waals surface area contributed by atoms with Crippen LogP contribution in [0.1, 0.15) is 12.6 Å². The summed E-state index contributed by atoms with van der Waals surface area (Å²) in [5.41, 5.74) is 1.76. The Morgan fingerprint density at radius 3 is 2.50 bits per heavy atom. The van der Waals surface area contributed by atoms with Crippen LogP contribution in [0.2, 0.25) is 10.2 Å². The Morgan fingerprint density at radius 2 is 1.89 bits per heavy atom. The van der Waals surface area contributed by atoms with E-state index in [-0.39, 0.29) is 0 Å². The fourth-order valence-electron chi connectivity index (χ4n) is 1.46. The van der Waals surface area contributed by atoms with Crippen LogP contribution in [0.3, 0.4) is 0 Å². The molecule has 2 rings (SSSR count). The summed E-state index contributed by atoms with van der Waals surface area (Å²) >= 11 is 18.8. The van der Waals surface area contributed by atoms with E-state index < -0.39 is 0 Å². The summed E-state index contributed by atoms with van der Waals surface area (Å²) in [6.07, 6.45) is 0.782. The Balaban J connectivity index is 2.57. The van der Waals surface area contributed by atoms with E-state index in [4.69, 9.17) is 23.2 Å². The monoisotopic (exact) mass is 408 g/mol. The minimum Gasteiger partial charge on any atom is -0.232 e. The van der Waals surface area contributed by atoms with E-state index >= 15 is 0 Å². The number of hydrogen-bond acceptors (Lipinski definition) is 2. The number of hydrogen-bond donors (Lipinski definition) is 0. The van der Waals surface area contributed by atoms with E-state index in [2.05, 4.69) is 41.8 Å². The number of benzene rings is 1. The molecule has 0 aliphatic rings. The zero-order valence-corrected chi connectivity index (χ0v) is 14.0. The van der Waals surface area contributed by atoms with Crippen LogP contribution in [-0.2, 0) is 6.42 Å². The molecular weight excluding hydrogens is 403 g/mol. The largest absolute Gasteiger partial charge is 0.232 e. The van der Waals surface area contributed by atoms with Crippen molar-refractivity contribution < 1.29 is 0 Å². The summed E-state index contributed by atoms with van der Waals surface area (Å²) < 4.78 is 1.56. The first-order chi connectivity index (χ1) is 8.52. The van der Waals surface area contributed by atoms with Gasteiger partial charge in [-0.3, -0.25) is 0 Å². The van der Waals surface area contributed by atoms with Gasteiger partial charge in [-0.05, 0) is 56.5 Å². The fourth-order valence-corrected chi connectivity index (χ4v) is 2.60. The first kappa shape index (κ1) is 14.3. The van der Waals surface area contributed by atoms with Crippen LogP contribution in [0.4, 0.5) is 0 Å². The molecule has 0 unspecified atom stereocenters. The Bertz CT molecular complexity index is 603. The van der Waals surface area contributed by atoms with Gasteiger partial charge in [0.25, 0.3) is 0 Å². The van der Waals surface area contributed by atoms with Crippen LogP contribution in [0.5, 0.6) is 0 Å². The molecule has 1 aromatic heterocycles. The highest BCUT2D eigenvalue weighted by Gasteiger charge is 2.11. The van der Waals surface area contributed by atoms with E-state index in [1.165, 1.54) is 0 Å². The second kappa shape index (κ2) is 5.87. The molecule has 2 nitrogen and oxygen atoms in total. The van der Waals surface area contributed by atoms with Crippen molar-refractivity contribution in [3.05, 3.63) is 43.0 Å². The van der Waals surface area contributed by atoms with Gasteiger partial charge in [-0.15, -0.1) is 0 Å². The maximum absolute atomic E-state index is 6.08. The van der Waals surface area contributed by atoms with Gasteiger partial charge < -0.3 is 0 Å². The molecule has 0 amide bonds. The lowest BCUT2D eigenvalue weighted by Crippen LogP contribution is -1.97. The Labute approximate surface area is 132 Å². The topological polar surface area (TPSA) is 25.8 Å². The van der Waals surface area contributed by atoms with Crippen molar-refractivity contribution in [2.75, 3.05) is 0 Å². The second-order valence-electron chi connectivity index (χ2n) is 3.58. The second-order valence-corrected chi connectivity index (χ2v) is 5.99. The highest BCUT2D eigenvalue weighted by atomic mass is 79.9. The number of aromatic nitrogens is 2. The standard InChI is InChI=1S/C12H8Br2Cl2N2/c1-2-9-10(14)11(16)18-12(17-9)6-3-4-8(15)7(13)5-6/h3-5H,2H2,1H3. The van der Waals surface area contributed by atoms with Gasteiger partial charge in [-0.25, -0.2) is 9.97 Å². The smallest absolute Gasteiger partial charge is 0.161 e. The van der Waals surface area contributed by atoms with Crippen LogP contribution in [0.25, 0.3) is 11.4 Å². The lowest BCUT2D eigenvalue weighted by Gasteiger charge is -2.07. The van der Waals surface area contributed by atoms with Gasteiger partial charge in [0.1, 0.15) is 5.15 Å². The lowest BCUT2D eigenvalue weighted by atomic mass is 10.2. The zero-order valence-electron chi connectivity index (χ0n) is 9.35. The van der Waals surface area contributed by atoms with Crippen LogP contribution in [0, 0.1) is 0 Å². The van der Waals surface area contributed by atoms with Gasteiger partial charge in [0, 0.05) is 10.0 Å². The molecule has 0 fully saturated rings. The van der Waals surface area contributed by atoms with Gasteiger partial charge in [0.2, 0.25) is 0 Å². The summed E-state index contributed by atoms with van der Waals surface area (Å²) in [7, 11) is 0. The summed E-state index contributed by atoms with van der Waals surface area (Å²) in [5, 5.41) is 1.07. The molecule has 1 heterocycles. The SMILES string of the molecule is CCc1nc(-c2ccc(Cl)c(Br)c2)nc(Cl)c1Br. The molecule has 0 atom stereocenters. The molecule has 6 heteroatoms. The Hall–Kier alpha value is -0.160. The van der Waals surface area contributed by atoms with E-state index in [1.54, 1.807) is 6.07 Å². The van der Waals surface area contributed by atoms with Crippen molar-refractivity contribution in [1.82, 2.24) is 9.97 Å². The molecule has 0 saturated heterocycles. The van der Waals surface area contributed by atoms with Crippen molar-refractivity contribution in [2.24, 2.45) is 0 Å². The summed E-state index contributed by atoms with van der Waals surface area (Å²) in [6.45, 7) is 2.02. The predicted octanol–water partition coefficient (Wildman–Crippen LogP) is 5.54. The molecule has 94 valence electrons. The first-order valence-corrected chi connectivity index (χ1v) is 7.54. The summed E-state index contributed by atoms with van der Waals surface area (Å²) in [4.78, 5) is 8.75. The van der Waals surface area contributed by atoms with Gasteiger partial charge >= 0.3 is 0 Å². The summed E-state index contributed by atoms with van der Waals surface area (Å²) in [6, 6.07) is 5.54. The van der Waals surface area contributed by atoms with Gasteiger partial charge in [0.15, 0.2) is 5.82 Å². The number of aryl methyl sites for hydroxylation is 1. The number of nitrogens with zero attached hydrogens (tertiary/aromatic N) is 2. The van der Waals surface area contributed by atoms with Crippen molar-refractivity contribution in [1.29, 1.82) is 0 Å². The van der Waals surface area contributed by atoms with E-state index in [0.717, 1.165) is 26.6 Å². The third-order valence-corrected chi connectivity index (χ3v) is 4.94. The summed E-state index contributed by atoms with van der Waals surface area (Å²) in [5.74, 6) is 0.595. The fraction of sp³-hybridized carbons (Fsp3) is 0.167. The van der Waals surface area contributed by atoms with Crippen molar-refractivity contribution >= 4 is 55.1 Å². The molecule has 0 bridgehead atoms. The highest BCUT2D eigenvalue weighted by molar-refractivity contribution is 9.11. The normalized spacial score (nSPS) is 10.7. The minimum absolute atomic E-state index is 0.419. The van der Waals surface area contributed by atoms with Crippen molar-refractivity contribution in [3.63, 3.8) is 0 Å². The van der Waals surface area contributed by atoms with E-state index in [1.807, 2.05) is 19.1 Å². The lowest BCUT2D eigenvalue weighted by molar-refractivity contribution is 0.991. The first-order valence-electron chi connectivity index (χ1n) is 5.20. The molecule has 18 heavy (non-hydrogen) atoms. The third-order valence-electron chi connectivity index (χ3n) is 2.39. The molecular formula is C12H8Br2Cl2N2. The Kier molecular flexibility index (Phi) is 4.64. The number of rotatable bonds is 2.